The molecule has 2 aliphatic rings. The van der Waals surface area contributed by atoms with Gasteiger partial charge in [-0.2, -0.15) is 9.65 Å². The SMILES string of the molecule is C=C(C1CCC(/C=C(/F)C#N)CC1)C1CCC(c2ccc(CC)cc2)CC1. The van der Waals surface area contributed by atoms with Gasteiger partial charge in [-0.25, -0.2) is 0 Å². The van der Waals surface area contributed by atoms with E-state index in [4.69, 9.17) is 5.26 Å². The van der Waals surface area contributed by atoms with E-state index in [1.54, 1.807) is 6.07 Å². The first-order valence-electron chi connectivity index (χ1n) is 10.7. The van der Waals surface area contributed by atoms with Gasteiger partial charge >= 0.3 is 0 Å². The summed E-state index contributed by atoms with van der Waals surface area (Å²) < 4.78 is 13.2. The Bertz CT molecular complexity index is 693. The molecule has 0 heterocycles. The van der Waals surface area contributed by atoms with E-state index in [1.165, 1.54) is 48.5 Å². The summed E-state index contributed by atoms with van der Waals surface area (Å²) in [5, 5.41) is 8.60. The van der Waals surface area contributed by atoms with Crippen LogP contribution in [-0.2, 0) is 6.42 Å². The Morgan fingerprint density at radius 2 is 1.59 bits per heavy atom. The number of nitriles is 1. The molecule has 1 nitrogen and oxygen atoms in total. The van der Waals surface area contributed by atoms with Gasteiger partial charge in [0.25, 0.3) is 0 Å². The second-order valence-corrected chi connectivity index (χ2v) is 8.46. The van der Waals surface area contributed by atoms with E-state index >= 15 is 0 Å². The molecule has 0 radical (unpaired) electrons. The number of benzene rings is 1. The fourth-order valence-electron chi connectivity index (χ4n) is 5.06. The molecule has 27 heavy (non-hydrogen) atoms. The van der Waals surface area contributed by atoms with Gasteiger partial charge in [0.15, 0.2) is 5.83 Å². The summed E-state index contributed by atoms with van der Waals surface area (Å²) in [5.41, 5.74) is 4.36. The lowest BCUT2D eigenvalue weighted by atomic mass is 9.70. The number of hydrogen-bond donors (Lipinski definition) is 0. The van der Waals surface area contributed by atoms with E-state index in [2.05, 4.69) is 37.8 Å². The zero-order valence-corrected chi connectivity index (χ0v) is 16.6. The normalized spacial score (nSPS) is 29.1. The van der Waals surface area contributed by atoms with Crippen molar-refractivity contribution in [2.75, 3.05) is 0 Å². The predicted octanol–water partition coefficient (Wildman–Crippen LogP) is 7.26. The first kappa shape index (κ1) is 19.9. The van der Waals surface area contributed by atoms with Crippen molar-refractivity contribution in [3.8, 4) is 6.07 Å². The second kappa shape index (κ2) is 9.36. The molecule has 0 unspecified atom stereocenters. The predicted molar refractivity (Wildman–Crippen MR) is 110 cm³/mol. The fraction of sp³-hybridized carbons (Fsp3) is 0.560. The maximum Gasteiger partial charge on any atom is 0.196 e. The molecule has 0 aliphatic heterocycles. The van der Waals surface area contributed by atoms with E-state index in [9.17, 15) is 4.39 Å². The molecular weight excluding hydrogens is 333 g/mol. The Kier molecular flexibility index (Phi) is 6.89. The maximum absolute atomic E-state index is 13.2. The Balaban J connectivity index is 1.48. The molecule has 3 rings (SSSR count). The van der Waals surface area contributed by atoms with Gasteiger partial charge < -0.3 is 0 Å². The van der Waals surface area contributed by atoms with Gasteiger partial charge in [0.1, 0.15) is 6.07 Å². The van der Waals surface area contributed by atoms with Gasteiger partial charge in [0.2, 0.25) is 0 Å². The van der Waals surface area contributed by atoms with Crippen molar-refractivity contribution in [2.24, 2.45) is 17.8 Å². The molecule has 144 valence electrons. The molecular formula is C25H32FN. The van der Waals surface area contributed by atoms with Crippen LogP contribution < -0.4 is 0 Å². The lowest BCUT2D eigenvalue weighted by Gasteiger charge is -2.35. The van der Waals surface area contributed by atoms with E-state index in [1.807, 2.05) is 0 Å². The summed E-state index contributed by atoms with van der Waals surface area (Å²) in [6, 6.07) is 10.8. The van der Waals surface area contributed by atoms with Crippen LogP contribution >= 0.6 is 0 Å². The second-order valence-electron chi connectivity index (χ2n) is 8.46. The smallest absolute Gasteiger partial charge is 0.195 e. The molecule has 2 fully saturated rings. The third kappa shape index (κ3) is 5.10. The van der Waals surface area contributed by atoms with Crippen molar-refractivity contribution < 1.29 is 4.39 Å². The summed E-state index contributed by atoms with van der Waals surface area (Å²) in [5.74, 6) is 1.56. The number of halogens is 1. The number of nitrogens with zero attached hydrogens (tertiary/aromatic N) is 1. The van der Waals surface area contributed by atoms with Crippen LogP contribution in [0.5, 0.6) is 0 Å². The summed E-state index contributed by atoms with van der Waals surface area (Å²) >= 11 is 0. The topological polar surface area (TPSA) is 23.8 Å². The minimum absolute atomic E-state index is 0.232. The lowest BCUT2D eigenvalue weighted by Crippen LogP contribution is -2.22. The molecule has 1 aromatic carbocycles. The van der Waals surface area contributed by atoms with Gasteiger partial charge in [-0.3, -0.25) is 0 Å². The van der Waals surface area contributed by atoms with Crippen LogP contribution in [0.1, 0.15) is 75.3 Å². The van der Waals surface area contributed by atoms with E-state index < -0.39 is 5.83 Å². The molecule has 0 N–H and O–H groups in total. The molecule has 0 bridgehead atoms. The quantitative estimate of drug-likeness (QED) is 0.398. The number of rotatable bonds is 5. The summed E-state index contributed by atoms with van der Waals surface area (Å²) in [6.45, 7) is 6.69. The average molecular weight is 366 g/mol. The first-order chi connectivity index (χ1) is 13.1. The van der Waals surface area contributed by atoms with Gasteiger partial charge in [0.05, 0.1) is 0 Å². The number of hydrogen-bond acceptors (Lipinski definition) is 1. The Labute approximate surface area is 164 Å². The highest BCUT2D eigenvalue weighted by molar-refractivity contribution is 5.26. The van der Waals surface area contributed by atoms with Crippen molar-refractivity contribution >= 4 is 0 Å². The van der Waals surface area contributed by atoms with Crippen LogP contribution in [0.4, 0.5) is 4.39 Å². The van der Waals surface area contributed by atoms with Crippen molar-refractivity contribution in [3.05, 3.63) is 59.4 Å². The zero-order chi connectivity index (χ0) is 19.2. The maximum atomic E-state index is 13.2. The minimum atomic E-state index is -0.623. The molecule has 0 spiro atoms. The molecule has 2 heteroatoms. The molecule has 2 saturated carbocycles. The Morgan fingerprint density at radius 1 is 1.04 bits per heavy atom. The minimum Gasteiger partial charge on any atom is -0.195 e. The van der Waals surface area contributed by atoms with Gasteiger partial charge in [-0.15, -0.1) is 0 Å². The molecule has 1 aromatic rings. The highest BCUT2D eigenvalue weighted by Gasteiger charge is 2.29. The third-order valence-corrected chi connectivity index (χ3v) is 6.90. The first-order valence-corrected chi connectivity index (χ1v) is 10.7. The molecule has 0 amide bonds. The Hall–Kier alpha value is -1.88. The van der Waals surface area contributed by atoms with Crippen LogP contribution in [0.15, 0.2) is 48.3 Å². The monoisotopic (exact) mass is 365 g/mol. The van der Waals surface area contributed by atoms with Crippen LogP contribution in [0.25, 0.3) is 0 Å². The number of aryl methyl sites for hydroxylation is 1. The molecule has 0 aromatic heterocycles. The molecule has 0 saturated heterocycles. The van der Waals surface area contributed by atoms with Gasteiger partial charge in [0, 0.05) is 0 Å². The lowest BCUT2D eigenvalue weighted by molar-refractivity contribution is 0.289. The van der Waals surface area contributed by atoms with E-state index in [-0.39, 0.29) is 5.92 Å². The van der Waals surface area contributed by atoms with Crippen LogP contribution in [-0.4, -0.2) is 0 Å². The van der Waals surface area contributed by atoms with Crippen molar-refractivity contribution in [1.82, 2.24) is 0 Å². The van der Waals surface area contributed by atoms with E-state index in [0.29, 0.717) is 17.8 Å². The van der Waals surface area contributed by atoms with Crippen LogP contribution in [0.2, 0.25) is 0 Å². The average Bonchev–Trinajstić information content (AvgIpc) is 2.74. The standard InChI is InChI=1S/C25H32FN/c1-3-19-4-10-23(11-5-19)24-14-12-22(13-15-24)18(2)21-8-6-20(7-9-21)16-25(26)17-27/h4-5,10-11,16,20-22,24H,2-3,6-9,12-15H2,1H3/b25-16+. The molecule has 0 atom stereocenters. The summed E-state index contributed by atoms with van der Waals surface area (Å²) in [6.07, 6.45) is 11.8. The van der Waals surface area contributed by atoms with Crippen LogP contribution in [0.3, 0.4) is 0 Å². The highest BCUT2D eigenvalue weighted by Crippen LogP contribution is 2.43. The highest BCUT2D eigenvalue weighted by atomic mass is 19.1. The fourth-order valence-corrected chi connectivity index (χ4v) is 5.06. The van der Waals surface area contributed by atoms with Crippen molar-refractivity contribution in [2.45, 2.75) is 70.6 Å². The zero-order valence-electron chi connectivity index (χ0n) is 16.6. The summed E-state index contributed by atoms with van der Waals surface area (Å²) in [4.78, 5) is 0. The van der Waals surface area contributed by atoms with Crippen LogP contribution in [0, 0.1) is 29.1 Å². The molecule has 2 aliphatic carbocycles. The van der Waals surface area contributed by atoms with Gasteiger partial charge in [-0.05, 0) is 98.7 Å². The largest absolute Gasteiger partial charge is 0.196 e. The van der Waals surface area contributed by atoms with Crippen molar-refractivity contribution in [3.63, 3.8) is 0 Å². The summed E-state index contributed by atoms with van der Waals surface area (Å²) in [7, 11) is 0. The van der Waals surface area contributed by atoms with E-state index in [0.717, 1.165) is 32.1 Å². The van der Waals surface area contributed by atoms with Gasteiger partial charge in [-0.1, -0.05) is 43.3 Å². The third-order valence-electron chi connectivity index (χ3n) is 6.90. The van der Waals surface area contributed by atoms with Crippen molar-refractivity contribution in [1.29, 1.82) is 5.26 Å². The number of allylic oxidation sites excluding steroid dienone is 3. The Morgan fingerprint density at radius 3 is 2.11 bits per heavy atom.